The Bertz CT molecular complexity index is 461. The smallest absolute Gasteiger partial charge is 0.0921 e. The van der Waals surface area contributed by atoms with Gasteiger partial charge in [0.1, 0.15) is 0 Å². The van der Waals surface area contributed by atoms with Crippen LogP contribution in [0, 0.1) is 0 Å². The maximum atomic E-state index is 9.43. The molecule has 4 nitrogen and oxygen atoms in total. The quantitative estimate of drug-likeness (QED) is 0.350. The van der Waals surface area contributed by atoms with Crippen molar-refractivity contribution in [2.75, 3.05) is 0 Å². The molecule has 0 aromatic heterocycles. The molecule has 0 radical (unpaired) electrons. The molecule has 0 aromatic rings. The van der Waals surface area contributed by atoms with Crippen LogP contribution < -0.4 is 11.2 Å². The van der Waals surface area contributed by atoms with Gasteiger partial charge in [-0.3, -0.25) is 0 Å². The van der Waals surface area contributed by atoms with Gasteiger partial charge in [-0.1, -0.05) is 6.07 Å². The summed E-state index contributed by atoms with van der Waals surface area (Å²) >= 11 is 0. The summed E-state index contributed by atoms with van der Waals surface area (Å²) in [6.45, 7) is 0. The summed E-state index contributed by atoms with van der Waals surface area (Å²) in [6.07, 6.45) is 1.56. The summed E-state index contributed by atoms with van der Waals surface area (Å²) in [4.78, 5) is 0. The van der Waals surface area contributed by atoms with E-state index in [1.165, 1.54) is 0 Å². The Kier molecular flexibility index (Phi) is 1.66. The minimum Gasteiger partial charge on any atom is -0.428 e. The lowest BCUT2D eigenvalue weighted by molar-refractivity contribution is 0.189. The molecule has 66 valence electrons. The zero-order valence-electron chi connectivity index (χ0n) is 6.88. The monoisotopic (exact) mass is 175 g/mol. The minimum absolute atomic E-state index is 0.668. The van der Waals surface area contributed by atoms with Gasteiger partial charge in [-0.2, -0.15) is 9.83 Å². The fourth-order valence-electron chi connectivity index (χ4n) is 1.33. The van der Waals surface area contributed by atoms with Crippen LogP contribution in [0.5, 0.6) is 0 Å². The van der Waals surface area contributed by atoms with E-state index in [0.29, 0.717) is 11.1 Å². The molecule has 3 N–H and O–H groups in total. The van der Waals surface area contributed by atoms with Crippen LogP contribution in [-0.2, 0) is 0 Å². The number of nitrogens with two attached hydrogens (primary N) is 1. The Hall–Kier alpha value is -1.97. The summed E-state index contributed by atoms with van der Waals surface area (Å²) in [7, 11) is 0. The molecule has 0 amide bonds. The molecule has 13 heavy (non-hydrogen) atoms. The van der Waals surface area contributed by atoms with Gasteiger partial charge in [0.25, 0.3) is 0 Å². The number of rotatable bonds is 0. The lowest BCUT2D eigenvalue weighted by atomic mass is 10.1. The van der Waals surface area contributed by atoms with Crippen molar-refractivity contribution in [1.82, 2.24) is 4.73 Å². The van der Waals surface area contributed by atoms with E-state index < -0.39 is 0 Å². The van der Waals surface area contributed by atoms with E-state index in [4.69, 9.17) is 5.84 Å². The topological polar surface area (TPSA) is 63.5 Å². The number of nitrogens with zero attached hydrogens (tertiary/aromatic N) is 2. The van der Waals surface area contributed by atoms with Crippen molar-refractivity contribution in [2.45, 2.75) is 0 Å². The van der Waals surface area contributed by atoms with Crippen LogP contribution in [0.3, 0.4) is 0 Å². The molecule has 0 atom stereocenters. The number of hydrogen-bond acceptors (Lipinski definition) is 3. The van der Waals surface area contributed by atoms with E-state index in [1.54, 1.807) is 30.5 Å². The molecule has 4 heteroatoms. The van der Waals surface area contributed by atoms with Crippen molar-refractivity contribution < 1.29 is 5.21 Å². The van der Waals surface area contributed by atoms with Crippen LogP contribution >= 0.6 is 0 Å². The second-order valence-electron chi connectivity index (χ2n) is 2.69. The minimum atomic E-state index is 0.668. The van der Waals surface area contributed by atoms with Gasteiger partial charge in [-0.15, -0.1) is 0 Å². The van der Waals surface area contributed by atoms with Crippen LogP contribution in [0.25, 0.3) is 11.3 Å². The Morgan fingerprint density at radius 1 is 1.23 bits per heavy atom. The lowest BCUT2D eigenvalue weighted by Crippen LogP contribution is -2.12. The van der Waals surface area contributed by atoms with Crippen molar-refractivity contribution in [3.8, 4) is 11.3 Å². The summed E-state index contributed by atoms with van der Waals surface area (Å²) in [5.74, 6) is 5.20. The van der Waals surface area contributed by atoms with E-state index >= 15 is 0 Å². The van der Waals surface area contributed by atoms with Gasteiger partial charge in [0.15, 0.2) is 0 Å². The molecular formula is C9H9N3O. The van der Waals surface area contributed by atoms with Crippen molar-refractivity contribution in [2.24, 2.45) is 10.9 Å². The highest BCUT2D eigenvalue weighted by atomic mass is 16.5. The Morgan fingerprint density at radius 3 is 2.85 bits per heavy atom. The van der Waals surface area contributed by atoms with Gasteiger partial charge in [0.2, 0.25) is 0 Å². The molecule has 0 unspecified atom stereocenters. The first-order valence-corrected chi connectivity index (χ1v) is 3.86. The molecule has 1 heterocycles. The largest absolute Gasteiger partial charge is 0.428 e. The number of pyridine rings is 1. The highest BCUT2D eigenvalue weighted by Gasteiger charge is 2.05. The van der Waals surface area contributed by atoms with Crippen LogP contribution in [0.1, 0.15) is 0 Å². The first-order chi connectivity index (χ1) is 6.33. The predicted molar refractivity (Wildman–Crippen MR) is 48.0 cm³/mol. The molecule has 1 aliphatic heterocycles. The average Bonchev–Trinajstić information content (AvgIpc) is 2.18. The molecule has 2 aliphatic rings. The molecule has 0 saturated heterocycles. The van der Waals surface area contributed by atoms with Crippen molar-refractivity contribution in [1.29, 1.82) is 0 Å². The molecule has 0 saturated carbocycles. The standard InChI is InChI=1S/C9H9N3O/c10-11-8-4-1-5-9-7(8)3-2-6-12(9)13/h1-6,13H,10H2. The number of fused-ring (bicyclic) bond motifs is 1. The Balaban J connectivity index is 2.89. The summed E-state index contributed by atoms with van der Waals surface area (Å²) < 4.78 is 1.05. The van der Waals surface area contributed by atoms with E-state index in [-0.39, 0.29) is 0 Å². The average molecular weight is 175 g/mol. The van der Waals surface area contributed by atoms with Crippen molar-refractivity contribution in [3.63, 3.8) is 0 Å². The molecule has 0 bridgehead atoms. The summed E-state index contributed by atoms with van der Waals surface area (Å²) in [6, 6.07) is 8.97. The van der Waals surface area contributed by atoms with Gasteiger partial charge in [0.05, 0.1) is 11.1 Å². The fourth-order valence-corrected chi connectivity index (χ4v) is 1.33. The van der Waals surface area contributed by atoms with Crippen LogP contribution in [0.4, 0.5) is 0 Å². The summed E-state index contributed by atoms with van der Waals surface area (Å²) in [5.41, 5.74) is 1.52. The SMILES string of the molecule is NN=c1cccc2n(O)cccc1-2. The van der Waals surface area contributed by atoms with Crippen LogP contribution in [-0.4, -0.2) is 9.94 Å². The molecule has 0 fully saturated rings. The third-order valence-electron chi connectivity index (χ3n) is 1.94. The molecule has 2 rings (SSSR count). The zero-order chi connectivity index (χ0) is 9.26. The van der Waals surface area contributed by atoms with Crippen molar-refractivity contribution in [3.05, 3.63) is 41.9 Å². The molecular weight excluding hydrogens is 166 g/mol. The van der Waals surface area contributed by atoms with Gasteiger partial charge < -0.3 is 11.0 Å². The molecule has 0 aromatic carbocycles. The summed E-state index contributed by atoms with van der Waals surface area (Å²) in [5, 5.41) is 13.7. The molecule has 1 aliphatic carbocycles. The maximum Gasteiger partial charge on any atom is 0.0921 e. The number of benzene rings is 1. The van der Waals surface area contributed by atoms with Gasteiger partial charge >= 0.3 is 0 Å². The second kappa shape index (κ2) is 2.82. The normalized spacial score (nSPS) is 12.2. The van der Waals surface area contributed by atoms with Gasteiger partial charge in [-0.25, -0.2) is 0 Å². The first kappa shape index (κ1) is 7.67. The number of aromatic nitrogens is 1. The number of hydrogen-bond donors (Lipinski definition) is 2. The second-order valence-corrected chi connectivity index (χ2v) is 2.69. The van der Waals surface area contributed by atoms with E-state index in [9.17, 15) is 5.21 Å². The molecule has 0 spiro atoms. The Morgan fingerprint density at radius 2 is 2.08 bits per heavy atom. The first-order valence-electron chi connectivity index (χ1n) is 3.86. The maximum absolute atomic E-state index is 9.43. The lowest BCUT2D eigenvalue weighted by Gasteiger charge is -2.08. The third-order valence-corrected chi connectivity index (χ3v) is 1.94. The highest BCUT2D eigenvalue weighted by Crippen LogP contribution is 2.14. The third kappa shape index (κ3) is 1.12. The fraction of sp³-hybridized carbons (Fsp3) is 0. The van der Waals surface area contributed by atoms with Crippen molar-refractivity contribution >= 4 is 0 Å². The van der Waals surface area contributed by atoms with E-state index in [2.05, 4.69) is 5.10 Å². The van der Waals surface area contributed by atoms with E-state index in [1.807, 2.05) is 6.07 Å². The van der Waals surface area contributed by atoms with Gasteiger partial charge in [-0.05, 0) is 24.3 Å². The highest BCUT2D eigenvalue weighted by molar-refractivity contribution is 5.59. The van der Waals surface area contributed by atoms with Crippen LogP contribution in [0.15, 0.2) is 41.6 Å². The zero-order valence-corrected chi connectivity index (χ0v) is 6.88. The Labute approximate surface area is 74.9 Å². The van der Waals surface area contributed by atoms with Gasteiger partial charge in [0, 0.05) is 11.8 Å². The van der Waals surface area contributed by atoms with E-state index in [0.717, 1.165) is 10.3 Å². The van der Waals surface area contributed by atoms with Crippen LogP contribution in [0.2, 0.25) is 0 Å². The predicted octanol–water partition coefficient (Wildman–Crippen LogP) is 0.605.